The fourth-order valence-electron chi connectivity index (χ4n) is 2.65. The van der Waals surface area contributed by atoms with E-state index in [4.69, 9.17) is 0 Å². The number of hydrogen-bond acceptors (Lipinski definition) is 5. The third kappa shape index (κ3) is 4.23. The van der Waals surface area contributed by atoms with Crippen LogP contribution in [0.15, 0.2) is 26.8 Å². The summed E-state index contributed by atoms with van der Waals surface area (Å²) in [5.74, 6) is 0.618. The molecule has 0 aliphatic heterocycles. The van der Waals surface area contributed by atoms with E-state index in [2.05, 4.69) is 15.3 Å². The summed E-state index contributed by atoms with van der Waals surface area (Å²) in [5, 5.41) is 4.79. The molecule has 2 aromatic rings. The largest absolute Gasteiger partial charge is 0.352 e. The first-order valence-corrected chi connectivity index (χ1v) is 9.66. The van der Waals surface area contributed by atoms with Gasteiger partial charge >= 0.3 is 0 Å². The maximum Gasteiger partial charge on any atom is 0.261 e. The quantitative estimate of drug-likeness (QED) is 0.621. The topological polar surface area (TPSA) is 74.8 Å². The molecule has 2 N–H and O–H groups in total. The summed E-state index contributed by atoms with van der Waals surface area (Å²) in [6, 6.07) is 1.77. The van der Waals surface area contributed by atoms with Crippen LogP contribution in [0.3, 0.4) is 0 Å². The van der Waals surface area contributed by atoms with Crippen molar-refractivity contribution in [2.24, 2.45) is 0 Å². The van der Waals surface area contributed by atoms with Gasteiger partial charge in [-0.25, -0.2) is 4.98 Å². The molecule has 0 aromatic carbocycles. The number of nitrogens with zero attached hydrogens (tertiary/aromatic N) is 1. The van der Waals surface area contributed by atoms with E-state index in [1.807, 2.05) is 5.38 Å². The van der Waals surface area contributed by atoms with Crippen LogP contribution < -0.4 is 10.9 Å². The lowest BCUT2D eigenvalue weighted by Crippen LogP contribution is -2.31. The Kier molecular flexibility index (Phi) is 5.51. The maximum absolute atomic E-state index is 12.2. The molecule has 2 heterocycles. The second-order valence-corrected chi connectivity index (χ2v) is 7.72. The van der Waals surface area contributed by atoms with Crippen molar-refractivity contribution in [2.75, 3.05) is 12.3 Å². The Labute approximate surface area is 142 Å². The number of carbonyl (C=O) groups is 1. The molecule has 0 saturated carbocycles. The van der Waals surface area contributed by atoms with Gasteiger partial charge in [-0.1, -0.05) is 11.8 Å². The lowest BCUT2D eigenvalue weighted by Gasteiger charge is -2.15. The lowest BCUT2D eigenvalue weighted by atomic mass is 9.95. The fraction of sp³-hybridized carbons (Fsp3) is 0.438. The molecule has 1 aliphatic rings. The summed E-state index contributed by atoms with van der Waals surface area (Å²) >= 11 is 3.30. The van der Waals surface area contributed by atoms with E-state index >= 15 is 0 Å². The zero-order valence-electron chi connectivity index (χ0n) is 12.8. The Morgan fingerprint density at radius 1 is 1.39 bits per heavy atom. The standard InChI is InChI=1S/C16H19N3O2S2/c20-14(17-6-3-8-22-16-18-7-9-23-16)12-10-11-4-1-2-5-13(11)19-15(12)21/h7,9-10H,1-6,8H2,(H,17,20)(H,19,21). The van der Waals surface area contributed by atoms with Crippen molar-refractivity contribution in [2.45, 2.75) is 36.4 Å². The Morgan fingerprint density at radius 2 is 2.26 bits per heavy atom. The molecule has 23 heavy (non-hydrogen) atoms. The van der Waals surface area contributed by atoms with Gasteiger partial charge in [0.05, 0.1) is 0 Å². The van der Waals surface area contributed by atoms with Gasteiger partial charge in [0.25, 0.3) is 11.5 Å². The normalized spacial score (nSPS) is 13.6. The van der Waals surface area contributed by atoms with Crippen molar-refractivity contribution in [3.8, 4) is 0 Å². The molecule has 0 radical (unpaired) electrons. The molecule has 122 valence electrons. The summed E-state index contributed by atoms with van der Waals surface area (Å²) in [5.41, 5.74) is 2.07. The molecule has 1 amide bonds. The van der Waals surface area contributed by atoms with Crippen LogP contribution in [0.25, 0.3) is 0 Å². The minimum Gasteiger partial charge on any atom is -0.352 e. The minimum atomic E-state index is -0.279. The van der Waals surface area contributed by atoms with Crippen molar-refractivity contribution in [1.29, 1.82) is 0 Å². The molecule has 0 unspecified atom stereocenters. The van der Waals surface area contributed by atoms with E-state index in [0.29, 0.717) is 6.54 Å². The molecule has 0 spiro atoms. The highest BCUT2D eigenvalue weighted by Gasteiger charge is 2.16. The van der Waals surface area contributed by atoms with Gasteiger partial charge in [-0.05, 0) is 43.7 Å². The van der Waals surface area contributed by atoms with E-state index in [9.17, 15) is 9.59 Å². The molecule has 0 saturated heterocycles. The van der Waals surface area contributed by atoms with Gasteiger partial charge in [0.2, 0.25) is 0 Å². The van der Waals surface area contributed by atoms with Gasteiger partial charge in [0.1, 0.15) is 9.90 Å². The summed E-state index contributed by atoms with van der Waals surface area (Å²) in [6.45, 7) is 0.563. The smallest absolute Gasteiger partial charge is 0.261 e. The summed E-state index contributed by atoms with van der Waals surface area (Å²) in [7, 11) is 0. The Balaban J connectivity index is 1.51. The molecular weight excluding hydrogens is 330 g/mol. The first-order chi connectivity index (χ1) is 11.2. The molecular formula is C16H19N3O2S2. The fourth-order valence-corrected chi connectivity index (χ4v) is 4.30. The maximum atomic E-state index is 12.2. The number of carbonyl (C=O) groups excluding carboxylic acids is 1. The van der Waals surface area contributed by atoms with Gasteiger partial charge in [-0.3, -0.25) is 9.59 Å². The first-order valence-electron chi connectivity index (χ1n) is 7.79. The van der Waals surface area contributed by atoms with E-state index in [0.717, 1.165) is 53.5 Å². The van der Waals surface area contributed by atoms with Crippen molar-refractivity contribution < 1.29 is 4.79 Å². The predicted molar refractivity (Wildman–Crippen MR) is 93.5 cm³/mol. The highest BCUT2D eigenvalue weighted by molar-refractivity contribution is 8.00. The van der Waals surface area contributed by atoms with Gasteiger partial charge < -0.3 is 10.3 Å². The Bertz CT molecular complexity index is 725. The number of aryl methyl sites for hydroxylation is 2. The van der Waals surface area contributed by atoms with Crippen LogP contribution >= 0.6 is 23.1 Å². The number of amides is 1. The van der Waals surface area contributed by atoms with Crippen LogP contribution in [0, 0.1) is 0 Å². The number of rotatable bonds is 6. The zero-order valence-corrected chi connectivity index (χ0v) is 14.4. The highest BCUT2D eigenvalue weighted by Crippen LogP contribution is 2.20. The van der Waals surface area contributed by atoms with Crippen molar-refractivity contribution in [3.05, 3.63) is 44.8 Å². The molecule has 3 rings (SSSR count). The minimum absolute atomic E-state index is 0.234. The summed E-state index contributed by atoms with van der Waals surface area (Å²) < 4.78 is 1.04. The van der Waals surface area contributed by atoms with Crippen LogP contribution in [-0.2, 0) is 12.8 Å². The number of thiazole rings is 1. The van der Waals surface area contributed by atoms with E-state index < -0.39 is 0 Å². The summed E-state index contributed by atoms with van der Waals surface area (Å²) in [4.78, 5) is 31.3. The first kappa shape index (κ1) is 16.3. The third-order valence-electron chi connectivity index (χ3n) is 3.82. The van der Waals surface area contributed by atoms with Gasteiger partial charge in [0, 0.05) is 29.6 Å². The molecule has 7 heteroatoms. The van der Waals surface area contributed by atoms with Crippen LogP contribution in [0.5, 0.6) is 0 Å². The second-order valence-electron chi connectivity index (χ2n) is 5.48. The van der Waals surface area contributed by atoms with Crippen molar-refractivity contribution >= 4 is 29.0 Å². The molecule has 5 nitrogen and oxygen atoms in total. The van der Waals surface area contributed by atoms with Crippen LogP contribution in [-0.4, -0.2) is 28.2 Å². The van der Waals surface area contributed by atoms with E-state index in [1.165, 1.54) is 0 Å². The molecule has 1 aliphatic carbocycles. The third-order valence-corrected chi connectivity index (χ3v) is 5.88. The highest BCUT2D eigenvalue weighted by atomic mass is 32.2. The second kappa shape index (κ2) is 7.79. The van der Waals surface area contributed by atoms with Crippen LogP contribution in [0.1, 0.15) is 40.9 Å². The number of H-pyrrole nitrogens is 1. The Morgan fingerprint density at radius 3 is 3.09 bits per heavy atom. The van der Waals surface area contributed by atoms with Gasteiger partial charge in [-0.15, -0.1) is 11.3 Å². The number of aromatic nitrogens is 2. The average molecular weight is 349 g/mol. The Hall–Kier alpha value is -1.60. The van der Waals surface area contributed by atoms with E-state index in [-0.39, 0.29) is 17.0 Å². The van der Waals surface area contributed by atoms with E-state index in [1.54, 1.807) is 35.4 Å². The molecule has 0 fully saturated rings. The van der Waals surface area contributed by atoms with Gasteiger partial charge in [0.15, 0.2) is 0 Å². The lowest BCUT2D eigenvalue weighted by molar-refractivity contribution is 0.0952. The van der Waals surface area contributed by atoms with Gasteiger partial charge in [-0.2, -0.15) is 0 Å². The van der Waals surface area contributed by atoms with Crippen molar-refractivity contribution in [3.63, 3.8) is 0 Å². The number of hydrogen-bond donors (Lipinski definition) is 2. The van der Waals surface area contributed by atoms with Crippen molar-refractivity contribution in [1.82, 2.24) is 15.3 Å². The molecule has 0 atom stereocenters. The number of thioether (sulfide) groups is 1. The number of pyridine rings is 1. The van der Waals surface area contributed by atoms with Crippen LogP contribution in [0.4, 0.5) is 0 Å². The average Bonchev–Trinajstić information content (AvgIpc) is 3.07. The molecule has 0 bridgehead atoms. The zero-order chi connectivity index (χ0) is 16.1. The monoisotopic (exact) mass is 349 g/mol. The number of fused-ring (bicyclic) bond motifs is 1. The number of aromatic amines is 1. The predicted octanol–water partition coefficient (Wildman–Crippen LogP) is 2.62. The summed E-state index contributed by atoms with van der Waals surface area (Å²) in [6.07, 6.45) is 6.70. The SMILES string of the molecule is O=C(NCCCSc1nccs1)c1cc2c([nH]c1=O)CCCC2. The van der Waals surface area contributed by atoms with Crippen LogP contribution in [0.2, 0.25) is 0 Å². The number of nitrogens with one attached hydrogen (secondary N) is 2. The molecule has 2 aromatic heterocycles.